The molecule has 1 saturated heterocycles. The number of nitrogens with one attached hydrogen (secondary N) is 2. The van der Waals surface area contributed by atoms with Crippen LogP contribution in [0.5, 0.6) is 5.75 Å². The summed E-state index contributed by atoms with van der Waals surface area (Å²) >= 11 is 0. The van der Waals surface area contributed by atoms with Crippen LogP contribution in [0.3, 0.4) is 0 Å². The van der Waals surface area contributed by atoms with Crippen molar-refractivity contribution in [3.05, 3.63) is 29.8 Å². The van der Waals surface area contributed by atoms with Crippen molar-refractivity contribution in [2.24, 2.45) is 0 Å². The molecule has 0 aliphatic carbocycles. The maximum Gasteiger partial charge on any atom is 0.237 e. The van der Waals surface area contributed by atoms with Crippen molar-refractivity contribution in [1.82, 2.24) is 10.6 Å². The van der Waals surface area contributed by atoms with Crippen LogP contribution in [0, 0.1) is 0 Å². The number of hydrogen-bond acceptors (Lipinski definition) is 5. The zero-order valence-corrected chi connectivity index (χ0v) is 12.2. The molecule has 1 aliphatic heterocycles. The standard InChI is InChI=1S/C15H22N2O4/c1-20-5-6-21-13-4-2-3-11(7-13)9-17-15(19)14-8-12(18)10-16-14/h2-4,7,12,14,16,18H,5-6,8-10H2,1H3,(H,17,19)/t12-,14-/m0/s1. The minimum atomic E-state index is -0.432. The number of ether oxygens (including phenoxy) is 2. The number of rotatable bonds is 7. The number of amides is 1. The Bertz CT molecular complexity index is 467. The average Bonchev–Trinajstić information content (AvgIpc) is 2.92. The van der Waals surface area contributed by atoms with Gasteiger partial charge in [-0.25, -0.2) is 0 Å². The second-order valence-electron chi connectivity index (χ2n) is 5.06. The summed E-state index contributed by atoms with van der Waals surface area (Å²) in [5, 5.41) is 15.3. The number of carbonyl (C=O) groups excluding carboxylic acids is 1. The Hall–Kier alpha value is -1.63. The molecule has 1 aliphatic rings. The van der Waals surface area contributed by atoms with Crippen LogP contribution >= 0.6 is 0 Å². The van der Waals surface area contributed by atoms with Gasteiger partial charge in [0.25, 0.3) is 0 Å². The quantitative estimate of drug-likeness (QED) is 0.619. The van der Waals surface area contributed by atoms with E-state index in [9.17, 15) is 9.90 Å². The van der Waals surface area contributed by atoms with Gasteiger partial charge in [-0.1, -0.05) is 12.1 Å². The summed E-state index contributed by atoms with van der Waals surface area (Å²) in [5.74, 6) is 0.672. The van der Waals surface area contributed by atoms with Crippen LogP contribution in [-0.2, 0) is 16.1 Å². The molecule has 6 heteroatoms. The molecule has 0 aromatic heterocycles. The number of β-amino-alcohol motifs (C(OH)–C–C–N with tert-alkyl or cyclic N) is 1. The zero-order chi connectivity index (χ0) is 15.1. The molecular weight excluding hydrogens is 272 g/mol. The van der Waals surface area contributed by atoms with Gasteiger partial charge in [-0.2, -0.15) is 0 Å². The first kappa shape index (κ1) is 15.8. The summed E-state index contributed by atoms with van der Waals surface area (Å²) in [6.07, 6.45) is 0.0321. The second-order valence-corrected chi connectivity index (χ2v) is 5.06. The lowest BCUT2D eigenvalue weighted by atomic mass is 10.1. The lowest BCUT2D eigenvalue weighted by molar-refractivity contribution is -0.123. The molecular formula is C15H22N2O4. The van der Waals surface area contributed by atoms with Gasteiger partial charge in [0.1, 0.15) is 12.4 Å². The van der Waals surface area contributed by atoms with E-state index in [1.165, 1.54) is 0 Å². The highest BCUT2D eigenvalue weighted by atomic mass is 16.5. The van der Waals surface area contributed by atoms with Gasteiger partial charge in [0.2, 0.25) is 5.91 Å². The molecule has 2 atom stereocenters. The fourth-order valence-electron chi connectivity index (χ4n) is 2.22. The third-order valence-electron chi connectivity index (χ3n) is 3.35. The number of aliphatic hydroxyl groups is 1. The molecule has 1 amide bonds. The SMILES string of the molecule is COCCOc1cccc(CNC(=O)[C@@H]2C[C@H](O)CN2)c1. The topological polar surface area (TPSA) is 79.8 Å². The predicted molar refractivity (Wildman–Crippen MR) is 78.1 cm³/mol. The maximum absolute atomic E-state index is 11.9. The van der Waals surface area contributed by atoms with Gasteiger partial charge in [-0.3, -0.25) is 4.79 Å². The van der Waals surface area contributed by atoms with Crippen molar-refractivity contribution < 1.29 is 19.4 Å². The van der Waals surface area contributed by atoms with E-state index in [0.29, 0.717) is 32.7 Å². The van der Waals surface area contributed by atoms with Gasteiger partial charge in [-0.15, -0.1) is 0 Å². The summed E-state index contributed by atoms with van der Waals surface area (Å²) in [5.41, 5.74) is 0.969. The van der Waals surface area contributed by atoms with Crippen LogP contribution in [0.4, 0.5) is 0 Å². The number of carbonyl (C=O) groups is 1. The number of aliphatic hydroxyl groups excluding tert-OH is 1. The van der Waals surface area contributed by atoms with Crippen LogP contribution in [0.15, 0.2) is 24.3 Å². The molecule has 21 heavy (non-hydrogen) atoms. The van der Waals surface area contributed by atoms with Crippen molar-refractivity contribution in [2.75, 3.05) is 26.9 Å². The molecule has 3 N–H and O–H groups in total. The molecule has 1 fully saturated rings. The smallest absolute Gasteiger partial charge is 0.237 e. The Morgan fingerprint density at radius 2 is 2.33 bits per heavy atom. The highest BCUT2D eigenvalue weighted by molar-refractivity contribution is 5.82. The van der Waals surface area contributed by atoms with Crippen LogP contribution < -0.4 is 15.4 Å². The van der Waals surface area contributed by atoms with E-state index in [0.717, 1.165) is 11.3 Å². The van der Waals surface area contributed by atoms with Crippen molar-refractivity contribution in [3.8, 4) is 5.75 Å². The largest absolute Gasteiger partial charge is 0.491 e. The van der Waals surface area contributed by atoms with E-state index in [2.05, 4.69) is 10.6 Å². The summed E-state index contributed by atoms with van der Waals surface area (Å²) < 4.78 is 10.5. The molecule has 0 bridgehead atoms. The summed E-state index contributed by atoms with van der Waals surface area (Å²) in [6.45, 7) is 1.95. The van der Waals surface area contributed by atoms with Crippen LogP contribution in [-0.4, -0.2) is 50.0 Å². The van der Waals surface area contributed by atoms with E-state index >= 15 is 0 Å². The van der Waals surface area contributed by atoms with Crippen molar-refractivity contribution in [2.45, 2.75) is 25.1 Å². The first-order valence-corrected chi connectivity index (χ1v) is 7.09. The Kier molecular flexibility index (Phi) is 5.98. The third kappa shape index (κ3) is 5.00. The van der Waals surface area contributed by atoms with Gasteiger partial charge in [0.15, 0.2) is 0 Å². The van der Waals surface area contributed by atoms with Crippen molar-refractivity contribution in [3.63, 3.8) is 0 Å². The lowest BCUT2D eigenvalue weighted by Crippen LogP contribution is -2.39. The fraction of sp³-hybridized carbons (Fsp3) is 0.533. The molecule has 0 saturated carbocycles. The van der Waals surface area contributed by atoms with Gasteiger partial charge in [0, 0.05) is 20.2 Å². The Labute approximate surface area is 124 Å². The normalized spacial score (nSPS) is 21.2. The van der Waals surface area contributed by atoms with Crippen molar-refractivity contribution in [1.29, 1.82) is 0 Å². The monoisotopic (exact) mass is 294 g/mol. The number of methoxy groups -OCH3 is 1. The fourth-order valence-corrected chi connectivity index (χ4v) is 2.22. The van der Waals surface area contributed by atoms with Crippen LogP contribution in [0.25, 0.3) is 0 Å². The molecule has 1 aromatic carbocycles. The minimum absolute atomic E-state index is 0.0859. The first-order chi connectivity index (χ1) is 10.2. The van der Waals surface area contributed by atoms with E-state index < -0.39 is 6.10 Å². The molecule has 0 unspecified atom stereocenters. The number of benzene rings is 1. The van der Waals surface area contributed by atoms with Gasteiger partial charge in [-0.05, 0) is 24.1 Å². The third-order valence-corrected chi connectivity index (χ3v) is 3.35. The first-order valence-electron chi connectivity index (χ1n) is 7.09. The molecule has 1 heterocycles. The van der Waals surface area contributed by atoms with Gasteiger partial charge < -0.3 is 25.2 Å². The Morgan fingerprint density at radius 1 is 1.48 bits per heavy atom. The van der Waals surface area contributed by atoms with Crippen molar-refractivity contribution >= 4 is 5.91 Å². The number of hydrogen-bond donors (Lipinski definition) is 3. The van der Waals surface area contributed by atoms with E-state index in [4.69, 9.17) is 9.47 Å². The lowest BCUT2D eigenvalue weighted by Gasteiger charge is -2.12. The zero-order valence-electron chi connectivity index (χ0n) is 12.2. The highest BCUT2D eigenvalue weighted by Crippen LogP contribution is 2.13. The second kappa shape index (κ2) is 7.97. The summed E-state index contributed by atoms with van der Waals surface area (Å²) in [4.78, 5) is 11.9. The maximum atomic E-state index is 11.9. The predicted octanol–water partition coefficient (Wildman–Crippen LogP) is 0.0508. The van der Waals surface area contributed by atoms with E-state index in [-0.39, 0.29) is 11.9 Å². The van der Waals surface area contributed by atoms with Crippen LogP contribution in [0.2, 0.25) is 0 Å². The molecule has 6 nitrogen and oxygen atoms in total. The molecule has 116 valence electrons. The van der Waals surface area contributed by atoms with E-state index in [1.54, 1.807) is 7.11 Å². The molecule has 2 rings (SSSR count). The Morgan fingerprint density at radius 3 is 3.05 bits per heavy atom. The molecule has 1 aromatic rings. The average molecular weight is 294 g/mol. The van der Waals surface area contributed by atoms with Crippen LogP contribution in [0.1, 0.15) is 12.0 Å². The molecule has 0 spiro atoms. The van der Waals surface area contributed by atoms with E-state index in [1.807, 2.05) is 24.3 Å². The minimum Gasteiger partial charge on any atom is -0.491 e. The van der Waals surface area contributed by atoms with Gasteiger partial charge in [0.05, 0.1) is 18.8 Å². The molecule has 0 radical (unpaired) electrons. The highest BCUT2D eigenvalue weighted by Gasteiger charge is 2.27. The summed E-state index contributed by atoms with van der Waals surface area (Å²) in [7, 11) is 1.63. The van der Waals surface area contributed by atoms with Gasteiger partial charge >= 0.3 is 0 Å². The summed E-state index contributed by atoms with van der Waals surface area (Å²) in [6, 6.07) is 7.28. The Balaban J connectivity index is 1.79.